The van der Waals surface area contributed by atoms with Gasteiger partial charge in [-0.1, -0.05) is 54.1 Å². The first-order chi connectivity index (χ1) is 14.2. The Morgan fingerprint density at radius 1 is 0.621 bits per heavy atom. The second-order valence-electron chi connectivity index (χ2n) is 6.95. The van der Waals surface area contributed by atoms with Gasteiger partial charge in [0.1, 0.15) is 11.4 Å². The number of rotatable bonds is 5. The summed E-state index contributed by atoms with van der Waals surface area (Å²) in [7, 11) is 0. The minimum atomic E-state index is 0.418. The highest BCUT2D eigenvalue weighted by atomic mass is 16.6. The molecule has 142 valence electrons. The van der Waals surface area contributed by atoms with Crippen molar-refractivity contribution in [1.29, 1.82) is 0 Å². The molecule has 0 amide bonds. The van der Waals surface area contributed by atoms with E-state index in [1.54, 1.807) is 12.1 Å². The fourth-order valence-electron chi connectivity index (χ4n) is 3.31. The molecule has 0 aliphatic rings. The van der Waals surface area contributed by atoms with E-state index in [2.05, 4.69) is 54.6 Å². The van der Waals surface area contributed by atoms with Crippen LogP contribution in [0.2, 0.25) is 0 Å². The molecule has 0 aromatic heterocycles. The number of nitrogens with zero attached hydrogens (tertiary/aromatic N) is 1. The van der Waals surface area contributed by atoms with Crippen LogP contribution in [0, 0.1) is 11.8 Å². The van der Waals surface area contributed by atoms with E-state index in [9.17, 15) is 4.91 Å². The summed E-state index contributed by atoms with van der Waals surface area (Å²) in [6, 6.07) is 29.9. The smallest absolute Gasteiger partial charge is 0.146 e. The Labute approximate surface area is 169 Å². The number of hydrogen-bond donors (Lipinski definition) is 1. The molecule has 0 bridgehead atoms. The molecule has 0 fully saturated rings. The Hall–Kier alpha value is -3.76. The molecule has 4 aromatic rings. The summed E-state index contributed by atoms with van der Waals surface area (Å²) in [4.78, 5) is 15.5. The maximum atomic E-state index is 10.7. The lowest BCUT2D eigenvalue weighted by Gasteiger charge is -2.12. The van der Waals surface area contributed by atoms with Gasteiger partial charge in [0.25, 0.3) is 0 Å². The van der Waals surface area contributed by atoms with Crippen LogP contribution in [0.5, 0.6) is 5.75 Å². The summed E-state index contributed by atoms with van der Waals surface area (Å²) in [5.74, 6) is 5.86. The van der Waals surface area contributed by atoms with Crippen molar-refractivity contribution in [2.75, 3.05) is 0 Å². The number of aryl methyl sites for hydroxylation is 1. The summed E-state index contributed by atoms with van der Waals surface area (Å²) in [6.45, 7) is 2.08. The molecule has 2 N–H and O–H groups in total. The maximum Gasteiger partial charge on any atom is 0.146 e. The number of benzene rings is 4. The molecule has 0 unspecified atom stereocenters. The molecule has 0 heterocycles. The molecule has 4 aromatic carbocycles. The quantitative estimate of drug-likeness (QED) is 0.311. The SMILES string of the molecule is Cc1ccc(-c2cc(-c3ccc(N=O)cc3)cc(-c3ccc(ON)cc3)c2)cc1. The van der Waals surface area contributed by atoms with Crippen LogP contribution >= 0.6 is 0 Å². The summed E-state index contributed by atoms with van der Waals surface area (Å²) < 4.78 is 0. The van der Waals surface area contributed by atoms with Crippen molar-refractivity contribution >= 4 is 5.69 Å². The zero-order chi connectivity index (χ0) is 20.2. The molecule has 4 rings (SSSR count). The van der Waals surface area contributed by atoms with Crippen molar-refractivity contribution in [2.24, 2.45) is 11.1 Å². The molecule has 0 aliphatic heterocycles. The van der Waals surface area contributed by atoms with Gasteiger partial charge in [0.05, 0.1) is 0 Å². The van der Waals surface area contributed by atoms with Gasteiger partial charge >= 0.3 is 0 Å². The van der Waals surface area contributed by atoms with Gasteiger partial charge in [-0.25, -0.2) is 0 Å². The van der Waals surface area contributed by atoms with Crippen LogP contribution in [-0.4, -0.2) is 0 Å². The third kappa shape index (κ3) is 4.08. The summed E-state index contributed by atoms with van der Waals surface area (Å²) in [5.41, 5.74) is 8.14. The highest BCUT2D eigenvalue weighted by Crippen LogP contribution is 2.34. The van der Waals surface area contributed by atoms with Crippen LogP contribution in [0.15, 0.2) is 96.2 Å². The highest BCUT2D eigenvalue weighted by Gasteiger charge is 2.08. The predicted molar refractivity (Wildman–Crippen MR) is 118 cm³/mol. The van der Waals surface area contributed by atoms with Crippen molar-refractivity contribution in [3.63, 3.8) is 0 Å². The lowest BCUT2D eigenvalue weighted by molar-refractivity contribution is 0.334. The Morgan fingerprint density at radius 3 is 1.45 bits per heavy atom. The van der Waals surface area contributed by atoms with Gasteiger partial charge in [-0.2, -0.15) is 5.90 Å². The van der Waals surface area contributed by atoms with Gasteiger partial charge < -0.3 is 4.84 Å². The average Bonchev–Trinajstić information content (AvgIpc) is 2.79. The third-order valence-corrected chi connectivity index (χ3v) is 4.95. The number of nitrogens with two attached hydrogens (primary N) is 1. The first-order valence-electron chi connectivity index (χ1n) is 9.29. The molecule has 0 saturated carbocycles. The monoisotopic (exact) mass is 380 g/mol. The Bertz CT molecular complexity index is 1130. The van der Waals surface area contributed by atoms with E-state index in [0.29, 0.717) is 11.4 Å². The van der Waals surface area contributed by atoms with Crippen LogP contribution in [0.3, 0.4) is 0 Å². The van der Waals surface area contributed by atoms with Gasteiger partial charge in [0.2, 0.25) is 0 Å². The van der Waals surface area contributed by atoms with Crippen LogP contribution in [-0.2, 0) is 0 Å². The van der Waals surface area contributed by atoms with Crippen LogP contribution in [0.1, 0.15) is 5.56 Å². The van der Waals surface area contributed by atoms with E-state index in [1.807, 2.05) is 36.4 Å². The molecule has 4 heteroatoms. The standard InChI is InChI=1S/C25H20N2O2/c1-17-2-4-18(5-3-17)21-14-22(19-6-10-24(27-28)11-7-19)16-23(15-21)20-8-12-25(29-26)13-9-20/h2-16H,26H2,1H3. The van der Waals surface area contributed by atoms with Gasteiger partial charge in [0, 0.05) is 0 Å². The maximum absolute atomic E-state index is 10.7. The summed E-state index contributed by atoms with van der Waals surface area (Å²) in [5, 5.41) is 2.99. The molecular weight excluding hydrogens is 360 g/mol. The first kappa shape index (κ1) is 18.6. The second-order valence-corrected chi connectivity index (χ2v) is 6.95. The Balaban J connectivity index is 1.85. The zero-order valence-electron chi connectivity index (χ0n) is 16.0. The van der Waals surface area contributed by atoms with Crippen molar-refractivity contribution in [2.45, 2.75) is 6.92 Å². The molecule has 4 nitrogen and oxygen atoms in total. The van der Waals surface area contributed by atoms with E-state index >= 15 is 0 Å². The van der Waals surface area contributed by atoms with Crippen LogP contribution in [0.4, 0.5) is 5.69 Å². The largest absolute Gasteiger partial charge is 0.412 e. The van der Waals surface area contributed by atoms with Crippen LogP contribution < -0.4 is 10.7 Å². The Kier molecular flexibility index (Phi) is 5.18. The normalized spacial score (nSPS) is 10.6. The number of nitroso groups, excluding NO2 is 1. The fourth-order valence-corrected chi connectivity index (χ4v) is 3.31. The Morgan fingerprint density at radius 2 is 1.03 bits per heavy atom. The van der Waals surface area contributed by atoms with Crippen molar-refractivity contribution in [1.82, 2.24) is 0 Å². The molecule has 0 atom stereocenters. The molecule has 0 aliphatic carbocycles. The molecule has 0 radical (unpaired) electrons. The molecular formula is C25H20N2O2. The van der Waals surface area contributed by atoms with Gasteiger partial charge in [-0.15, -0.1) is 4.91 Å². The zero-order valence-corrected chi connectivity index (χ0v) is 16.0. The van der Waals surface area contributed by atoms with E-state index in [1.165, 1.54) is 5.56 Å². The summed E-state index contributed by atoms with van der Waals surface area (Å²) in [6.07, 6.45) is 0. The van der Waals surface area contributed by atoms with Gasteiger partial charge in [-0.3, -0.25) is 0 Å². The van der Waals surface area contributed by atoms with Crippen LogP contribution in [0.25, 0.3) is 33.4 Å². The van der Waals surface area contributed by atoms with E-state index in [4.69, 9.17) is 10.7 Å². The van der Waals surface area contributed by atoms with Crippen molar-refractivity contribution in [3.05, 3.63) is 101 Å². The van der Waals surface area contributed by atoms with Crippen molar-refractivity contribution in [3.8, 4) is 39.1 Å². The minimum absolute atomic E-state index is 0.418. The number of hydrogen-bond acceptors (Lipinski definition) is 4. The second kappa shape index (κ2) is 8.09. The van der Waals surface area contributed by atoms with Crippen molar-refractivity contribution < 1.29 is 4.84 Å². The lowest BCUT2D eigenvalue weighted by atomic mass is 9.93. The topological polar surface area (TPSA) is 64.7 Å². The van der Waals surface area contributed by atoms with E-state index in [0.717, 1.165) is 33.4 Å². The fraction of sp³-hybridized carbons (Fsp3) is 0.0400. The highest BCUT2D eigenvalue weighted by molar-refractivity contribution is 5.81. The van der Waals surface area contributed by atoms with Gasteiger partial charge in [-0.05, 0) is 87.9 Å². The van der Waals surface area contributed by atoms with E-state index < -0.39 is 0 Å². The first-order valence-corrected chi connectivity index (χ1v) is 9.29. The van der Waals surface area contributed by atoms with E-state index in [-0.39, 0.29) is 0 Å². The predicted octanol–water partition coefficient (Wildman–Crippen LogP) is 6.65. The average molecular weight is 380 g/mol. The molecule has 0 saturated heterocycles. The van der Waals surface area contributed by atoms with Gasteiger partial charge in [0.15, 0.2) is 0 Å². The summed E-state index contributed by atoms with van der Waals surface area (Å²) >= 11 is 0. The third-order valence-electron chi connectivity index (χ3n) is 4.95. The lowest BCUT2D eigenvalue weighted by Crippen LogP contribution is -2.01. The molecule has 29 heavy (non-hydrogen) atoms. The minimum Gasteiger partial charge on any atom is -0.412 e. The molecule has 0 spiro atoms.